The smallest absolute Gasteiger partial charge is 0.264 e. The van der Waals surface area contributed by atoms with Gasteiger partial charge in [0.2, 0.25) is 0 Å². The van der Waals surface area contributed by atoms with Crippen molar-refractivity contribution in [1.29, 1.82) is 0 Å². The molecule has 2 N–H and O–H groups in total. The van der Waals surface area contributed by atoms with Crippen LogP contribution in [0.2, 0.25) is 0 Å². The summed E-state index contributed by atoms with van der Waals surface area (Å²) in [5, 5.41) is 0.604. The zero-order valence-electron chi connectivity index (χ0n) is 7.52. The molecule has 0 bridgehead atoms. The number of hydrogen-bond acceptors (Lipinski definition) is 3. The van der Waals surface area contributed by atoms with Crippen LogP contribution in [-0.2, 0) is 6.42 Å². The topological polar surface area (TPSA) is 35.2 Å². The van der Waals surface area contributed by atoms with E-state index in [-0.39, 0.29) is 6.42 Å². The zero-order chi connectivity index (χ0) is 10.8. The van der Waals surface area contributed by atoms with E-state index in [1.807, 2.05) is 0 Å². The highest BCUT2D eigenvalue weighted by molar-refractivity contribution is 9.10. The molecule has 0 unspecified atom stereocenters. The Hall–Kier alpha value is -0.200. The molecule has 0 atom stereocenters. The SMILES string of the molecule is COc1sc(CC(F)(F)CN)cc1Br. The van der Waals surface area contributed by atoms with Gasteiger partial charge in [0, 0.05) is 11.3 Å². The van der Waals surface area contributed by atoms with Crippen molar-refractivity contribution in [2.75, 3.05) is 13.7 Å². The number of methoxy groups -OCH3 is 1. The predicted molar refractivity (Wildman–Crippen MR) is 56.3 cm³/mol. The largest absolute Gasteiger partial charge is 0.486 e. The Morgan fingerprint density at radius 2 is 2.29 bits per heavy atom. The van der Waals surface area contributed by atoms with Crippen molar-refractivity contribution in [1.82, 2.24) is 0 Å². The van der Waals surface area contributed by atoms with Crippen molar-refractivity contribution in [3.63, 3.8) is 0 Å². The summed E-state index contributed by atoms with van der Waals surface area (Å²) in [6.45, 7) is -0.634. The van der Waals surface area contributed by atoms with Crippen LogP contribution in [0.25, 0.3) is 0 Å². The Morgan fingerprint density at radius 1 is 1.64 bits per heavy atom. The molecule has 0 aliphatic rings. The minimum absolute atomic E-state index is 0.337. The fourth-order valence-electron chi connectivity index (χ4n) is 0.951. The van der Waals surface area contributed by atoms with Crippen LogP contribution in [0.3, 0.4) is 0 Å². The molecule has 2 nitrogen and oxygen atoms in total. The molecule has 1 heterocycles. The Morgan fingerprint density at radius 3 is 2.71 bits per heavy atom. The Balaban J connectivity index is 2.77. The third-order valence-corrected chi connectivity index (χ3v) is 3.57. The monoisotopic (exact) mass is 285 g/mol. The average Bonchev–Trinajstić information content (AvgIpc) is 2.45. The van der Waals surface area contributed by atoms with E-state index in [0.29, 0.717) is 14.4 Å². The van der Waals surface area contributed by atoms with Crippen molar-refractivity contribution in [2.24, 2.45) is 5.73 Å². The maximum atomic E-state index is 12.9. The minimum atomic E-state index is -2.84. The van der Waals surface area contributed by atoms with E-state index in [1.165, 1.54) is 18.4 Å². The normalized spacial score (nSPS) is 11.8. The van der Waals surface area contributed by atoms with Gasteiger partial charge in [-0.2, -0.15) is 0 Å². The lowest BCUT2D eigenvalue weighted by Gasteiger charge is -2.11. The highest BCUT2D eigenvalue weighted by Crippen LogP contribution is 2.36. The molecule has 0 amide bonds. The zero-order valence-corrected chi connectivity index (χ0v) is 9.92. The first-order valence-electron chi connectivity index (χ1n) is 3.88. The molecule has 0 saturated heterocycles. The summed E-state index contributed by atoms with van der Waals surface area (Å²) in [4.78, 5) is 0.559. The van der Waals surface area contributed by atoms with Gasteiger partial charge in [0.1, 0.15) is 0 Å². The molecule has 1 aromatic heterocycles. The van der Waals surface area contributed by atoms with E-state index in [9.17, 15) is 8.78 Å². The van der Waals surface area contributed by atoms with E-state index in [1.54, 1.807) is 6.07 Å². The molecule has 0 aromatic carbocycles. The van der Waals surface area contributed by atoms with Crippen LogP contribution < -0.4 is 10.5 Å². The second-order valence-electron chi connectivity index (χ2n) is 2.79. The lowest BCUT2D eigenvalue weighted by atomic mass is 10.2. The van der Waals surface area contributed by atoms with Crippen molar-refractivity contribution in [2.45, 2.75) is 12.3 Å². The van der Waals surface area contributed by atoms with Crippen LogP contribution in [0, 0.1) is 0 Å². The molecule has 0 aliphatic carbocycles. The summed E-state index contributed by atoms with van der Waals surface area (Å²) >= 11 is 4.41. The van der Waals surface area contributed by atoms with E-state index < -0.39 is 12.5 Å². The van der Waals surface area contributed by atoms with Crippen molar-refractivity contribution >= 4 is 27.3 Å². The van der Waals surface area contributed by atoms with Crippen LogP contribution in [0.1, 0.15) is 4.88 Å². The van der Waals surface area contributed by atoms with Gasteiger partial charge in [-0.1, -0.05) is 0 Å². The Bertz CT molecular complexity index is 316. The first kappa shape index (κ1) is 11.9. The minimum Gasteiger partial charge on any atom is -0.486 e. The fraction of sp³-hybridized carbons (Fsp3) is 0.500. The first-order chi connectivity index (χ1) is 6.48. The molecule has 6 heteroatoms. The van der Waals surface area contributed by atoms with Gasteiger partial charge in [0.05, 0.1) is 18.1 Å². The van der Waals surface area contributed by atoms with Gasteiger partial charge in [-0.05, 0) is 22.0 Å². The molecule has 0 fully saturated rings. The third-order valence-electron chi connectivity index (χ3n) is 1.62. The quantitative estimate of drug-likeness (QED) is 0.923. The van der Waals surface area contributed by atoms with E-state index >= 15 is 0 Å². The fourth-order valence-corrected chi connectivity index (χ4v) is 2.72. The molecular weight excluding hydrogens is 276 g/mol. The lowest BCUT2D eigenvalue weighted by molar-refractivity contribution is 0.0123. The second kappa shape index (κ2) is 4.55. The summed E-state index contributed by atoms with van der Waals surface area (Å²) < 4.78 is 31.5. The van der Waals surface area contributed by atoms with Crippen molar-refractivity contribution in [3.8, 4) is 5.06 Å². The highest BCUT2D eigenvalue weighted by atomic mass is 79.9. The molecule has 0 saturated carbocycles. The standard InChI is InChI=1S/C8H10BrF2NOS/c1-13-7-6(9)2-5(14-7)3-8(10,11)4-12/h2H,3-4,12H2,1H3. The van der Waals surface area contributed by atoms with Gasteiger partial charge in [-0.25, -0.2) is 8.78 Å². The number of rotatable bonds is 4. The second-order valence-corrected chi connectivity index (χ2v) is 4.74. The number of nitrogens with two attached hydrogens (primary N) is 1. The summed E-state index contributed by atoms with van der Waals surface area (Å²) in [6.07, 6.45) is -0.337. The van der Waals surface area contributed by atoms with Gasteiger partial charge >= 0.3 is 0 Å². The molecule has 1 rings (SSSR count). The van der Waals surface area contributed by atoms with Crippen LogP contribution in [0.15, 0.2) is 10.5 Å². The van der Waals surface area contributed by atoms with Crippen molar-refractivity contribution in [3.05, 3.63) is 15.4 Å². The summed E-state index contributed by atoms with van der Waals surface area (Å²) in [7, 11) is 1.50. The molecular formula is C8H10BrF2NOS. The number of thiophene rings is 1. The first-order valence-corrected chi connectivity index (χ1v) is 5.49. The van der Waals surface area contributed by atoms with Gasteiger partial charge < -0.3 is 10.5 Å². The third kappa shape index (κ3) is 2.90. The number of alkyl halides is 2. The molecule has 14 heavy (non-hydrogen) atoms. The van der Waals surface area contributed by atoms with Gasteiger partial charge in [-0.3, -0.25) is 0 Å². The highest BCUT2D eigenvalue weighted by Gasteiger charge is 2.28. The maximum absolute atomic E-state index is 12.9. The van der Waals surface area contributed by atoms with Crippen LogP contribution >= 0.6 is 27.3 Å². The summed E-state index contributed by atoms with van der Waals surface area (Å²) in [5.74, 6) is -2.84. The number of ether oxygens (including phenoxy) is 1. The Kier molecular flexibility index (Phi) is 3.86. The van der Waals surface area contributed by atoms with E-state index in [0.717, 1.165) is 0 Å². The lowest BCUT2D eigenvalue weighted by Crippen LogP contribution is -2.29. The number of hydrogen-bond donors (Lipinski definition) is 1. The Labute approximate surface area is 93.2 Å². The maximum Gasteiger partial charge on any atom is 0.264 e. The van der Waals surface area contributed by atoms with Gasteiger partial charge in [-0.15, -0.1) is 11.3 Å². The molecule has 0 radical (unpaired) electrons. The van der Waals surface area contributed by atoms with Crippen LogP contribution in [0.5, 0.6) is 5.06 Å². The predicted octanol–water partition coefficient (Wildman–Crippen LogP) is 2.66. The summed E-state index contributed by atoms with van der Waals surface area (Å²) in [5.41, 5.74) is 4.94. The molecule has 0 spiro atoms. The van der Waals surface area contributed by atoms with Crippen LogP contribution in [0.4, 0.5) is 8.78 Å². The van der Waals surface area contributed by atoms with E-state index in [2.05, 4.69) is 15.9 Å². The van der Waals surface area contributed by atoms with Crippen molar-refractivity contribution < 1.29 is 13.5 Å². The molecule has 0 aliphatic heterocycles. The average molecular weight is 286 g/mol. The van der Waals surface area contributed by atoms with Gasteiger partial charge in [0.25, 0.3) is 5.92 Å². The van der Waals surface area contributed by atoms with E-state index in [4.69, 9.17) is 10.5 Å². The van der Waals surface area contributed by atoms with Crippen LogP contribution in [-0.4, -0.2) is 19.6 Å². The van der Waals surface area contributed by atoms with Gasteiger partial charge in [0.15, 0.2) is 5.06 Å². The summed E-state index contributed by atoms with van der Waals surface area (Å²) in [6, 6.07) is 1.63. The molecule has 1 aromatic rings. The molecule has 80 valence electrons. The number of halogens is 3.